The average molecular weight is 331 g/mol. The lowest BCUT2D eigenvalue weighted by Gasteiger charge is -2.19. The van der Waals surface area contributed by atoms with Crippen molar-refractivity contribution in [3.05, 3.63) is 34.3 Å². The minimum atomic E-state index is -1.74. The quantitative estimate of drug-likeness (QED) is 0.293. The summed E-state index contributed by atoms with van der Waals surface area (Å²) in [6, 6.07) is 0. The van der Waals surface area contributed by atoms with Crippen LogP contribution >= 0.6 is 11.8 Å². The van der Waals surface area contributed by atoms with Gasteiger partial charge in [0.2, 0.25) is 0 Å². The van der Waals surface area contributed by atoms with E-state index >= 15 is 0 Å². The number of thioether (sulfide) groups is 1. The fourth-order valence-electron chi connectivity index (χ4n) is 3.11. The molecule has 116 valence electrons. The third-order valence-corrected chi connectivity index (χ3v) is 6.37. The number of aliphatic hydroxyl groups is 1. The normalized spacial score (nSPS) is 16.4. The van der Waals surface area contributed by atoms with Crippen LogP contribution in [0.1, 0.15) is 5.56 Å². The Morgan fingerprint density at radius 2 is 1.54 bits per heavy atom. The van der Waals surface area contributed by atoms with Crippen LogP contribution in [0.4, 0.5) is 0 Å². The van der Waals surface area contributed by atoms with Crippen LogP contribution in [0.2, 0.25) is 0 Å². The van der Waals surface area contributed by atoms with Gasteiger partial charge in [-0.3, -0.25) is 0 Å². The summed E-state index contributed by atoms with van der Waals surface area (Å²) in [5.41, 5.74) is 8.10. The van der Waals surface area contributed by atoms with E-state index < -0.39 is 7.12 Å². The molecule has 0 aliphatic carbocycles. The van der Waals surface area contributed by atoms with Crippen LogP contribution in [0.5, 0.6) is 0 Å². The molecule has 1 aromatic carbocycles. The summed E-state index contributed by atoms with van der Waals surface area (Å²) in [7, 11) is 10.2. The third-order valence-electron chi connectivity index (χ3n) is 5.14. The maximum atomic E-state index is 10.9. The maximum Gasteiger partial charge on any atom is 0.491 e. The van der Waals surface area contributed by atoms with Gasteiger partial charge in [0, 0.05) is 21.7 Å². The molecular weight excluding hydrogens is 312 g/mol. The molecule has 0 bridgehead atoms. The zero-order valence-corrected chi connectivity index (χ0v) is 16.1. The van der Waals surface area contributed by atoms with E-state index in [1.807, 2.05) is 0 Å². The van der Waals surface area contributed by atoms with E-state index in [9.17, 15) is 15.2 Å². The zero-order valence-electron chi connectivity index (χ0n) is 15.2. The van der Waals surface area contributed by atoms with Crippen molar-refractivity contribution in [2.75, 3.05) is 5.75 Å². The fraction of sp³-hybridized carbons (Fsp3) is 0.0769. The fourth-order valence-corrected chi connectivity index (χ4v) is 4.47. The number of hydrogen-bond acceptors (Lipinski definition) is 4. The predicted octanol–water partition coefficient (Wildman–Crippen LogP) is -6.86. The van der Waals surface area contributed by atoms with Crippen LogP contribution in [0, 0.1) is 0 Å². The third kappa shape index (κ3) is 3.09. The second-order valence-corrected chi connectivity index (χ2v) is 7.50. The summed E-state index contributed by atoms with van der Waals surface area (Å²) in [6.07, 6.45) is 0. The molecule has 0 spiro atoms. The van der Waals surface area contributed by atoms with Gasteiger partial charge in [-0.15, -0.1) is 34.7 Å². The molecule has 0 amide bonds. The predicted molar refractivity (Wildman–Crippen MR) is 123 cm³/mol. The monoisotopic (exact) mass is 332 g/mol. The molecule has 1 aromatic rings. The molecule has 1 heterocycles. The van der Waals surface area contributed by atoms with E-state index in [1.54, 1.807) is 27.5 Å². The highest BCUT2D eigenvalue weighted by molar-refractivity contribution is 8.00. The summed E-state index contributed by atoms with van der Waals surface area (Å²) in [5, 5.41) is 30.4. The van der Waals surface area contributed by atoms with Crippen molar-refractivity contribution in [2.45, 2.75) is 4.90 Å². The molecule has 0 unspecified atom stereocenters. The first-order valence-electron chi connectivity index (χ1n) is 7.98. The van der Waals surface area contributed by atoms with Crippen LogP contribution in [-0.2, 0) is 0 Å². The van der Waals surface area contributed by atoms with Crippen molar-refractivity contribution < 1.29 is 15.2 Å². The molecule has 0 radical (unpaired) electrons. The molecule has 24 heavy (non-hydrogen) atoms. The van der Waals surface area contributed by atoms with Crippen molar-refractivity contribution in [3.63, 3.8) is 0 Å². The molecular formula is C13H19B7O3S. The molecule has 2 rings (SSSR count). The van der Waals surface area contributed by atoms with Crippen molar-refractivity contribution in [1.29, 1.82) is 0 Å². The Hall–Kier alpha value is -1.04. The maximum absolute atomic E-state index is 10.9. The highest BCUT2D eigenvalue weighted by Gasteiger charge is 2.30. The lowest BCUT2D eigenvalue weighted by molar-refractivity contribution is 0.394. The van der Waals surface area contributed by atoms with E-state index in [4.69, 9.17) is 0 Å². The van der Waals surface area contributed by atoms with Crippen LogP contribution in [0.15, 0.2) is 33.7 Å². The second kappa shape index (κ2) is 7.07. The lowest BCUT2D eigenvalue weighted by atomic mass is 9.62. The van der Waals surface area contributed by atoms with Crippen LogP contribution < -0.4 is 21.9 Å². The SMILES string of the molecule is BC(=C)/C(B)=C(B(O)O)\C(O)=C1/CSc2c(B)c(B)c(B)c(B)c21. The van der Waals surface area contributed by atoms with Gasteiger partial charge in [0.15, 0.2) is 0 Å². The van der Waals surface area contributed by atoms with E-state index in [-0.39, 0.29) is 11.2 Å². The minimum Gasteiger partial charge on any atom is -0.508 e. The topological polar surface area (TPSA) is 60.7 Å². The van der Waals surface area contributed by atoms with Crippen LogP contribution in [0.25, 0.3) is 5.57 Å². The van der Waals surface area contributed by atoms with Crippen molar-refractivity contribution in [3.8, 4) is 0 Å². The van der Waals surface area contributed by atoms with Gasteiger partial charge in [-0.05, 0) is 5.56 Å². The number of aliphatic hydroxyl groups excluding tert-OH is 1. The Labute approximate surface area is 153 Å². The number of hydrogen-bond donors (Lipinski definition) is 3. The second-order valence-electron chi connectivity index (χ2n) is 6.51. The molecule has 0 atom stereocenters. The molecule has 0 aromatic heterocycles. The molecule has 3 N–H and O–H groups in total. The molecule has 1 aliphatic heterocycles. The molecule has 1 aliphatic rings. The van der Waals surface area contributed by atoms with Crippen molar-refractivity contribution >= 4 is 93.4 Å². The van der Waals surface area contributed by atoms with Crippen LogP contribution in [-0.4, -0.2) is 75.1 Å². The Kier molecular flexibility index (Phi) is 5.68. The zero-order chi connectivity index (χ0) is 18.3. The Morgan fingerprint density at radius 3 is 2.04 bits per heavy atom. The van der Waals surface area contributed by atoms with Gasteiger partial charge in [0.05, 0.1) is 0 Å². The Morgan fingerprint density at radius 1 is 1.00 bits per heavy atom. The average Bonchev–Trinajstić information content (AvgIpc) is 2.95. The van der Waals surface area contributed by atoms with E-state index in [0.29, 0.717) is 16.7 Å². The van der Waals surface area contributed by atoms with Gasteiger partial charge in [-0.25, -0.2) is 0 Å². The van der Waals surface area contributed by atoms with Gasteiger partial charge < -0.3 is 15.2 Å². The molecule has 11 heteroatoms. The van der Waals surface area contributed by atoms with Gasteiger partial charge in [0.25, 0.3) is 0 Å². The summed E-state index contributed by atoms with van der Waals surface area (Å²) in [5.74, 6) is 0.577. The first kappa shape index (κ1) is 19.3. The largest absolute Gasteiger partial charge is 0.508 e. The summed E-state index contributed by atoms with van der Waals surface area (Å²) in [4.78, 5) is 1.18. The number of fused-ring (bicyclic) bond motifs is 1. The highest BCUT2D eigenvalue weighted by Crippen LogP contribution is 2.39. The van der Waals surface area contributed by atoms with Gasteiger partial charge >= 0.3 is 7.12 Å². The molecule has 0 saturated carbocycles. The van der Waals surface area contributed by atoms with Gasteiger partial charge in [-0.2, -0.15) is 0 Å². The molecule has 3 nitrogen and oxygen atoms in total. The highest BCUT2D eigenvalue weighted by atomic mass is 32.2. The van der Waals surface area contributed by atoms with Gasteiger partial charge in [0.1, 0.15) is 52.8 Å². The van der Waals surface area contributed by atoms with Crippen molar-refractivity contribution in [1.82, 2.24) is 0 Å². The lowest BCUT2D eigenvalue weighted by Crippen LogP contribution is -2.49. The first-order chi connectivity index (χ1) is 11.1. The van der Waals surface area contributed by atoms with E-state index in [1.165, 1.54) is 21.3 Å². The summed E-state index contributed by atoms with van der Waals surface area (Å²) >= 11 is 1.69. The summed E-state index contributed by atoms with van der Waals surface area (Å²) < 4.78 is 0. The number of allylic oxidation sites excluding steroid dienone is 3. The standard InChI is InChI=1S/C13H19B7O3S/c1-3(14)6(15)11(20(22)23)12(21)4-2-24-13-5(4)7(16)8(17)9(18)10(13)19/h21-23H,1-2,14-19H2/b11-6-,12-4-. The molecule has 0 fully saturated rings. The Bertz CT molecular complexity index is 801. The number of rotatable bonds is 3. The van der Waals surface area contributed by atoms with Gasteiger partial charge in [-0.1, -0.05) is 16.4 Å². The Balaban J connectivity index is 2.80. The molecule has 0 saturated heterocycles. The smallest absolute Gasteiger partial charge is 0.491 e. The number of benzene rings is 1. The first-order valence-corrected chi connectivity index (χ1v) is 8.96. The summed E-state index contributed by atoms with van der Waals surface area (Å²) in [6.45, 7) is 3.85. The van der Waals surface area contributed by atoms with Crippen LogP contribution in [0.3, 0.4) is 0 Å². The van der Waals surface area contributed by atoms with E-state index in [2.05, 4.69) is 38.0 Å². The minimum absolute atomic E-state index is 0.0393. The van der Waals surface area contributed by atoms with Crippen molar-refractivity contribution in [2.24, 2.45) is 0 Å². The van der Waals surface area contributed by atoms with E-state index in [0.717, 1.165) is 16.6 Å².